The topological polar surface area (TPSA) is 32.3 Å². The molecule has 84 valence electrons. The van der Waals surface area contributed by atoms with Gasteiger partial charge < -0.3 is 10.4 Å². The minimum atomic E-state index is -0.128. The number of unbranched alkanes of at least 4 members (excludes halogenated alkanes) is 1. The summed E-state index contributed by atoms with van der Waals surface area (Å²) in [7, 11) is 0. The van der Waals surface area contributed by atoms with Crippen molar-refractivity contribution >= 4 is 0 Å². The van der Waals surface area contributed by atoms with Gasteiger partial charge in [0.15, 0.2) is 0 Å². The van der Waals surface area contributed by atoms with E-state index in [9.17, 15) is 5.11 Å². The van der Waals surface area contributed by atoms with E-state index in [1.807, 2.05) is 0 Å². The van der Waals surface area contributed by atoms with Crippen molar-refractivity contribution in [1.29, 1.82) is 0 Å². The highest BCUT2D eigenvalue weighted by Crippen LogP contribution is 2.17. The molecule has 0 aromatic carbocycles. The molecule has 2 heteroatoms. The van der Waals surface area contributed by atoms with E-state index in [0.29, 0.717) is 6.04 Å². The first-order valence-electron chi connectivity index (χ1n) is 6.24. The number of rotatable bonds is 6. The normalized spacial score (nSPS) is 21.0. The summed E-state index contributed by atoms with van der Waals surface area (Å²) in [5.74, 6) is 0. The molecule has 14 heavy (non-hydrogen) atoms. The molecule has 1 atom stereocenters. The van der Waals surface area contributed by atoms with Crippen LogP contribution in [0.3, 0.4) is 0 Å². The van der Waals surface area contributed by atoms with Crippen LogP contribution in [0.1, 0.15) is 58.3 Å². The van der Waals surface area contributed by atoms with Crippen LogP contribution < -0.4 is 5.32 Å². The van der Waals surface area contributed by atoms with Gasteiger partial charge >= 0.3 is 0 Å². The first-order chi connectivity index (χ1) is 6.83. The van der Waals surface area contributed by atoms with Crippen LogP contribution in [-0.4, -0.2) is 23.8 Å². The van der Waals surface area contributed by atoms with Gasteiger partial charge in [0.1, 0.15) is 0 Å². The standard InChI is InChI=1S/C12H25NO/c1-2-3-9-12(14)10-13-11-7-5-4-6-8-11/h11-14H,2-10H2,1H3. The zero-order valence-corrected chi connectivity index (χ0v) is 9.47. The summed E-state index contributed by atoms with van der Waals surface area (Å²) in [6.07, 6.45) is 9.89. The first-order valence-corrected chi connectivity index (χ1v) is 6.24. The first kappa shape index (κ1) is 12.0. The molecule has 1 rings (SSSR count). The van der Waals surface area contributed by atoms with Crippen LogP contribution in [0, 0.1) is 0 Å². The molecule has 1 unspecified atom stereocenters. The fourth-order valence-electron chi connectivity index (χ4n) is 2.15. The van der Waals surface area contributed by atoms with Gasteiger partial charge in [-0.2, -0.15) is 0 Å². The number of aliphatic hydroxyl groups is 1. The highest BCUT2D eigenvalue weighted by atomic mass is 16.3. The lowest BCUT2D eigenvalue weighted by atomic mass is 9.95. The smallest absolute Gasteiger partial charge is 0.0664 e. The van der Waals surface area contributed by atoms with Gasteiger partial charge in [0, 0.05) is 12.6 Å². The Labute approximate surface area is 88.1 Å². The van der Waals surface area contributed by atoms with Gasteiger partial charge in [-0.05, 0) is 19.3 Å². The average Bonchev–Trinajstić information content (AvgIpc) is 2.25. The van der Waals surface area contributed by atoms with Gasteiger partial charge in [-0.15, -0.1) is 0 Å². The van der Waals surface area contributed by atoms with Gasteiger partial charge in [0.2, 0.25) is 0 Å². The average molecular weight is 199 g/mol. The third-order valence-corrected chi connectivity index (χ3v) is 3.14. The largest absolute Gasteiger partial charge is 0.392 e. The maximum absolute atomic E-state index is 9.65. The Kier molecular flexibility index (Phi) is 6.20. The summed E-state index contributed by atoms with van der Waals surface area (Å²) in [6, 6.07) is 0.681. The molecule has 0 heterocycles. The second-order valence-electron chi connectivity index (χ2n) is 4.54. The van der Waals surface area contributed by atoms with Crippen molar-refractivity contribution < 1.29 is 5.11 Å². The summed E-state index contributed by atoms with van der Waals surface area (Å²) in [4.78, 5) is 0. The predicted molar refractivity (Wildman–Crippen MR) is 60.4 cm³/mol. The Morgan fingerprint density at radius 3 is 2.64 bits per heavy atom. The lowest BCUT2D eigenvalue weighted by Crippen LogP contribution is -2.36. The van der Waals surface area contributed by atoms with E-state index in [0.717, 1.165) is 19.4 Å². The molecule has 0 bridgehead atoms. The molecule has 1 saturated carbocycles. The SMILES string of the molecule is CCCCC(O)CNC1CCCCC1. The zero-order chi connectivity index (χ0) is 10.2. The van der Waals surface area contributed by atoms with Crippen LogP contribution in [0.4, 0.5) is 0 Å². The van der Waals surface area contributed by atoms with Crippen molar-refractivity contribution in [1.82, 2.24) is 5.32 Å². The monoisotopic (exact) mass is 199 g/mol. The minimum absolute atomic E-state index is 0.128. The fourth-order valence-corrected chi connectivity index (χ4v) is 2.15. The quantitative estimate of drug-likeness (QED) is 0.688. The Hall–Kier alpha value is -0.0800. The van der Waals surface area contributed by atoms with Crippen molar-refractivity contribution in [3.63, 3.8) is 0 Å². The molecule has 2 nitrogen and oxygen atoms in total. The van der Waals surface area contributed by atoms with E-state index in [1.165, 1.54) is 38.5 Å². The molecule has 0 aliphatic heterocycles. The lowest BCUT2D eigenvalue weighted by molar-refractivity contribution is 0.151. The van der Waals surface area contributed by atoms with E-state index < -0.39 is 0 Å². The Morgan fingerprint density at radius 2 is 2.00 bits per heavy atom. The summed E-state index contributed by atoms with van der Waals surface area (Å²) in [5.41, 5.74) is 0. The molecule has 1 aliphatic carbocycles. The van der Waals surface area contributed by atoms with E-state index >= 15 is 0 Å². The third kappa shape index (κ3) is 4.97. The van der Waals surface area contributed by atoms with Crippen molar-refractivity contribution in [3.05, 3.63) is 0 Å². The zero-order valence-electron chi connectivity index (χ0n) is 9.47. The summed E-state index contributed by atoms with van der Waals surface area (Å²) in [6.45, 7) is 2.96. The number of nitrogens with one attached hydrogen (secondary N) is 1. The molecule has 0 aromatic rings. The molecular weight excluding hydrogens is 174 g/mol. The van der Waals surface area contributed by atoms with Gasteiger partial charge in [-0.3, -0.25) is 0 Å². The van der Waals surface area contributed by atoms with Gasteiger partial charge in [0.25, 0.3) is 0 Å². The second kappa shape index (κ2) is 7.24. The molecule has 0 saturated heterocycles. The molecule has 1 fully saturated rings. The summed E-state index contributed by atoms with van der Waals surface area (Å²) >= 11 is 0. The highest BCUT2D eigenvalue weighted by Gasteiger charge is 2.13. The maximum Gasteiger partial charge on any atom is 0.0664 e. The predicted octanol–water partition coefficient (Wildman–Crippen LogP) is 2.46. The molecule has 0 amide bonds. The third-order valence-electron chi connectivity index (χ3n) is 3.14. The number of aliphatic hydroxyl groups excluding tert-OH is 1. The summed E-state index contributed by atoms with van der Waals surface area (Å²) < 4.78 is 0. The van der Waals surface area contributed by atoms with Crippen molar-refractivity contribution in [2.45, 2.75) is 70.4 Å². The van der Waals surface area contributed by atoms with Crippen LogP contribution in [0.15, 0.2) is 0 Å². The van der Waals surface area contributed by atoms with Crippen LogP contribution in [0.5, 0.6) is 0 Å². The molecule has 0 aromatic heterocycles. The minimum Gasteiger partial charge on any atom is -0.392 e. The van der Waals surface area contributed by atoms with Crippen molar-refractivity contribution in [2.75, 3.05) is 6.54 Å². The van der Waals surface area contributed by atoms with E-state index in [-0.39, 0.29) is 6.10 Å². The summed E-state index contributed by atoms with van der Waals surface area (Å²) in [5, 5.41) is 13.1. The molecule has 2 N–H and O–H groups in total. The van der Waals surface area contributed by atoms with Gasteiger partial charge in [0.05, 0.1) is 6.10 Å². The maximum atomic E-state index is 9.65. The highest BCUT2D eigenvalue weighted by molar-refractivity contribution is 4.73. The van der Waals surface area contributed by atoms with Crippen LogP contribution in [-0.2, 0) is 0 Å². The van der Waals surface area contributed by atoms with E-state index in [4.69, 9.17) is 0 Å². The van der Waals surface area contributed by atoms with E-state index in [1.54, 1.807) is 0 Å². The van der Waals surface area contributed by atoms with Crippen molar-refractivity contribution in [2.24, 2.45) is 0 Å². The molecule has 1 aliphatic rings. The van der Waals surface area contributed by atoms with Crippen LogP contribution in [0.2, 0.25) is 0 Å². The van der Waals surface area contributed by atoms with E-state index in [2.05, 4.69) is 12.2 Å². The van der Waals surface area contributed by atoms with Crippen molar-refractivity contribution in [3.8, 4) is 0 Å². The van der Waals surface area contributed by atoms with Crippen LogP contribution >= 0.6 is 0 Å². The fraction of sp³-hybridized carbons (Fsp3) is 1.00. The van der Waals surface area contributed by atoms with Gasteiger partial charge in [-0.25, -0.2) is 0 Å². The van der Waals surface area contributed by atoms with Crippen LogP contribution in [0.25, 0.3) is 0 Å². The van der Waals surface area contributed by atoms with Gasteiger partial charge in [-0.1, -0.05) is 39.0 Å². The lowest BCUT2D eigenvalue weighted by Gasteiger charge is -2.24. The Balaban J connectivity index is 2.00. The number of hydrogen-bond acceptors (Lipinski definition) is 2. The second-order valence-corrected chi connectivity index (χ2v) is 4.54. The number of hydrogen-bond donors (Lipinski definition) is 2. The Morgan fingerprint density at radius 1 is 1.29 bits per heavy atom. The molecule has 0 spiro atoms. The molecular formula is C12H25NO. The Bertz CT molecular complexity index is 132. The molecule has 0 radical (unpaired) electrons.